The van der Waals surface area contributed by atoms with Gasteiger partial charge < -0.3 is 5.11 Å². The molecule has 1 N–H and O–H groups in total. The highest BCUT2D eigenvalue weighted by atomic mass is 32.2. The molecular formula is C8H15F3N2O4S. The van der Waals surface area contributed by atoms with Gasteiger partial charge >= 0.3 is 12.1 Å². The summed E-state index contributed by atoms with van der Waals surface area (Å²) in [6.45, 7) is -0.211. The lowest BCUT2D eigenvalue weighted by atomic mass is 10.6. The van der Waals surface area contributed by atoms with E-state index in [2.05, 4.69) is 0 Å². The van der Waals surface area contributed by atoms with Gasteiger partial charge in [-0.1, -0.05) is 13.8 Å². The van der Waals surface area contributed by atoms with Gasteiger partial charge in [-0.05, 0) is 0 Å². The van der Waals surface area contributed by atoms with Crippen LogP contribution in [0.3, 0.4) is 0 Å². The summed E-state index contributed by atoms with van der Waals surface area (Å²) in [7, 11) is -4.43. The summed E-state index contributed by atoms with van der Waals surface area (Å²) in [5, 5.41) is 8.48. The first kappa shape index (κ1) is 17.1. The molecule has 18 heavy (non-hydrogen) atoms. The number of hydrogen-bond acceptors (Lipinski definition) is 3. The van der Waals surface area contributed by atoms with Crippen LogP contribution in [0.15, 0.2) is 0 Å². The van der Waals surface area contributed by atoms with Crippen LogP contribution < -0.4 is 0 Å². The van der Waals surface area contributed by atoms with E-state index in [1.165, 1.54) is 13.8 Å². The number of aliphatic carboxylic acids is 1. The maximum atomic E-state index is 12.2. The predicted octanol–water partition coefficient (Wildman–Crippen LogP) is 0.522. The van der Waals surface area contributed by atoms with Crippen LogP contribution >= 0.6 is 0 Å². The average Bonchev–Trinajstić information content (AvgIpc) is 2.15. The summed E-state index contributed by atoms with van der Waals surface area (Å²) in [5.74, 6) is -1.64. The molecule has 0 aromatic heterocycles. The van der Waals surface area contributed by atoms with E-state index in [1.807, 2.05) is 0 Å². The zero-order chi connectivity index (χ0) is 14.6. The van der Waals surface area contributed by atoms with Gasteiger partial charge in [-0.15, -0.1) is 0 Å². The van der Waals surface area contributed by atoms with Crippen molar-refractivity contribution in [3.63, 3.8) is 0 Å². The van der Waals surface area contributed by atoms with Gasteiger partial charge in [-0.2, -0.15) is 30.2 Å². The van der Waals surface area contributed by atoms with Crippen molar-refractivity contribution in [1.29, 1.82) is 0 Å². The number of hydrogen-bond donors (Lipinski definition) is 1. The molecule has 0 saturated carbocycles. The van der Waals surface area contributed by atoms with Crippen LogP contribution in [0.5, 0.6) is 0 Å². The number of rotatable bonds is 7. The molecule has 0 fully saturated rings. The first-order valence-corrected chi connectivity index (χ1v) is 6.48. The smallest absolute Gasteiger partial charge is 0.402 e. The van der Waals surface area contributed by atoms with Crippen LogP contribution in [-0.4, -0.2) is 60.5 Å². The molecule has 0 heterocycles. The third kappa shape index (κ3) is 5.19. The fourth-order valence-electron chi connectivity index (χ4n) is 1.28. The monoisotopic (exact) mass is 292 g/mol. The van der Waals surface area contributed by atoms with Crippen molar-refractivity contribution in [2.24, 2.45) is 0 Å². The largest absolute Gasteiger partial charge is 0.480 e. The second-order valence-electron chi connectivity index (χ2n) is 3.37. The summed E-state index contributed by atoms with van der Waals surface area (Å²) >= 11 is 0. The fourth-order valence-corrected chi connectivity index (χ4v) is 2.85. The molecule has 0 aliphatic heterocycles. The topological polar surface area (TPSA) is 77.9 Å². The molecule has 0 saturated heterocycles. The molecule has 10 heteroatoms. The summed E-state index contributed by atoms with van der Waals surface area (Å²) in [6, 6.07) is 0. The van der Waals surface area contributed by atoms with Crippen LogP contribution in [0.4, 0.5) is 13.2 Å². The molecule has 0 aromatic carbocycles. The molecular weight excluding hydrogens is 277 g/mol. The Hall–Kier alpha value is -0.870. The van der Waals surface area contributed by atoms with Gasteiger partial charge in [-0.25, -0.2) is 0 Å². The first-order valence-electron chi connectivity index (χ1n) is 5.08. The second-order valence-corrected chi connectivity index (χ2v) is 5.30. The van der Waals surface area contributed by atoms with E-state index < -0.39 is 35.4 Å². The number of nitrogens with zero attached hydrogens (tertiary/aromatic N) is 2. The number of carboxylic acid groups (broad SMARTS) is 1. The van der Waals surface area contributed by atoms with Gasteiger partial charge in [0.2, 0.25) is 0 Å². The number of alkyl halides is 3. The summed E-state index contributed by atoms with van der Waals surface area (Å²) in [4.78, 5) is 10.4. The molecule has 108 valence electrons. The van der Waals surface area contributed by atoms with Crippen LogP contribution in [0.1, 0.15) is 13.8 Å². The van der Waals surface area contributed by atoms with Crippen molar-refractivity contribution in [2.45, 2.75) is 20.0 Å². The Morgan fingerprint density at radius 3 is 1.89 bits per heavy atom. The van der Waals surface area contributed by atoms with Gasteiger partial charge in [0.1, 0.15) is 13.1 Å². The summed E-state index contributed by atoms with van der Waals surface area (Å²) in [6.07, 6.45) is -4.80. The maximum absolute atomic E-state index is 12.2. The Labute approximate surface area is 103 Å². The van der Waals surface area contributed by atoms with Gasteiger partial charge in [0.05, 0.1) is 0 Å². The second kappa shape index (κ2) is 6.34. The molecule has 0 spiro atoms. The van der Waals surface area contributed by atoms with E-state index in [1.54, 1.807) is 0 Å². The lowest BCUT2D eigenvalue weighted by Gasteiger charge is -2.27. The Morgan fingerprint density at radius 2 is 1.61 bits per heavy atom. The number of halogens is 3. The summed E-state index contributed by atoms with van der Waals surface area (Å²) in [5.41, 5.74) is 0. The molecule has 0 aliphatic rings. The van der Waals surface area contributed by atoms with Crippen molar-refractivity contribution in [3.8, 4) is 0 Å². The molecule has 0 bridgehead atoms. The Kier molecular flexibility index (Phi) is 6.04. The predicted molar refractivity (Wildman–Crippen MR) is 57.1 cm³/mol. The van der Waals surface area contributed by atoms with E-state index in [0.717, 1.165) is 4.31 Å². The van der Waals surface area contributed by atoms with Gasteiger partial charge in [0.25, 0.3) is 10.2 Å². The van der Waals surface area contributed by atoms with Gasteiger partial charge in [0.15, 0.2) is 0 Å². The van der Waals surface area contributed by atoms with Crippen LogP contribution in [0.25, 0.3) is 0 Å². The molecule has 0 atom stereocenters. The molecule has 6 nitrogen and oxygen atoms in total. The van der Waals surface area contributed by atoms with E-state index in [0.29, 0.717) is 0 Å². The maximum Gasteiger partial charge on any atom is 0.402 e. The lowest BCUT2D eigenvalue weighted by Crippen LogP contribution is -2.49. The Bertz CT molecular complexity index is 378. The summed E-state index contributed by atoms with van der Waals surface area (Å²) < 4.78 is 61.0. The highest BCUT2D eigenvalue weighted by Gasteiger charge is 2.39. The third-order valence-corrected chi connectivity index (χ3v) is 4.10. The van der Waals surface area contributed by atoms with E-state index in [4.69, 9.17) is 5.11 Å². The minimum absolute atomic E-state index is 0.0349. The van der Waals surface area contributed by atoms with Crippen LogP contribution in [0.2, 0.25) is 0 Å². The lowest BCUT2D eigenvalue weighted by molar-refractivity contribution is -0.146. The molecule has 0 radical (unpaired) electrons. The quantitative estimate of drug-likeness (QED) is 0.742. The normalized spacial score (nSPS) is 13.3. The molecule has 0 aromatic rings. The molecule has 0 aliphatic carbocycles. The average molecular weight is 292 g/mol. The highest BCUT2D eigenvalue weighted by molar-refractivity contribution is 7.86. The third-order valence-electron chi connectivity index (χ3n) is 2.03. The van der Waals surface area contributed by atoms with E-state index in [9.17, 15) is 26.4 Å². The Morgan fingerprint density at radius 1 is 1.17 bits per heavy atom. The molecule has 0 amide bonds. The van der Waals surface area contributed by atoms with Crippen LogP contribution in [-0.2, 0) is 15.0 Å². The van der Waals surface area contributed by atoms with Crippen molar-refractivity contribution in [2.75, 3.05) is 26.2 Å². The van der Waals surface area contributed by atoms with Gasteiger partial charge in [0, 0.05) is 13.1 Å². The standard InChI is InChI=1S/C8H15F3N2O4S/c1-3-12(4-2)18(16,17)13(5-7(14)15)6-8(9,10)11/h3-6H2,1-2H3,(H,14,15). The van der Waals surface area contributed by atoms with Crippen molar-refractivity contribution in [1.82, 2.24) is 8.61 Å². The number of carboxylic acids is 1. The van der Waals surface area contributed by atoms with E-state index in [-0.39, 0.29) is 17.4 Å². The fraction of sp³-hybridized carbons (Fsp3) is 0.875. The van der Waals surface area contributed by atoms with Crippen molar-refractivity contribution >= 4 is 16.2 Å². The van der Waals surface area contributed by atoms with Crippen LogP contribution in [0, 0.1) is 0 Å². The van der Waals surface area contributed by atoms with Gasteiger partial charge in [-0.3, -0.25) is 4.79 Å². The SMILES string of the molecule is CCN(CC)S(=O)(=O)N(CC(=O)O)CC(F)(F)F. The first-order chi connectivity index (χ1) is 8.04. The van der Waals surface area contributed by atoms with Crippen molar-refractivity contribution < 1.29 is 31.5 Å². The highest BCUT2D eigenvalue weighted by Crippen LogP contribution is 2.20. The zero-order valence-electron chi connectivity index (χ0n) is 9.94. The minimum Gasteiger partial charge on any atom is -0.480 e. The van der Waals surface area contributed by atoms with E-state index >= 15 is 0 Å². The van der Waals surface area contributed by atoms with Crippen molar-refractivity contribution in [3.05, 3.63) is 0 Å². The minimum atomic E-state index is -4.80. The number of carbonyl (C=O) groups is 1. The molecule has 0 unspecified atom stereocenters. The zero-order valence-corrected chi connectivity index (χ0v) is 10.8. The Balaban J connectivity index is 5.23. The molecule has 0 rings (SSSR count).